The predicted molar refractivity (Wildman–Crippen MR) is 120 cm³/mol. The summed E-state index contributed by atoms with van der Waals surface area (Å²) in [6, 6.07) is 7.13. The van der Waals surface area contributed by atoms with E-state index < -0.39 is 23.8 Å². The van der Waals surface area contributed by atoms with Gasteiger partial charge in [-0.05, 0) is 62.6 Å². The van der Waals surface area contributed by atoms with Crippen molar-refractivity contribution in [3.63, 3.8) is 0 Å². The normalized spacial score (nSPS) is 24.2. The maximum Gasteiger partial charge on any atom is 0.341 e. The molecule has 0 saturated heterocycles. The zero-order valence-electron chi connectivity index (χ0n) is 17.3. The van der Waals surface area contributed by atoms with Gasteiger partial charge >= 0.3 is 11.9 Å². The molecule has 2 aromatic rings. The number of benzene rings is 1. The van der Waals surface area contributed by atoms with Crippen LogP contribution < -0.4 is 5.32 Å². The molecule has 8 heteroatoms. The lowest BCUT2D eigenvalue weighted by atomic mass is 9.78. The van der Waals surface area contributed by atoms with Crippen LogP contribution in [0.4, 0.5) is 5.00 Å². The number of hydrogen-bond acceptors (Lipinski definition) is 5. The summed E-state index contributed by atoms with van der Waals surface area (Å²) in [6.45, 7) is 3.81. The minimum absolute atomic E-state index is 0.0532. The molecule has 6 nitrogen and oxygen atoms in total. The van der Waals surface area contributed by atoms with Gasteiger partial charge in [-0.3, -0.25) is 9.59 Å². The summed E-state index contributed by atoms with van der Waals surface area (Å²) in [4.78, 5) is 38.8. The summed E-state index contributed by atoms with van der Waals surface area (Å²) in [5.74, 6) is -2.87. The number of amides is 1. The Morgan fingerprint density at radius 1 is 1.16 bits per heavy atom. The molecule has 0 spiro atoms. The second-order valence-corrected chi connectivity index (χ2v) is 9.84. The largest absolute Gasteiger partial charge is 0.481 e. The first-order valence-electron chi connectivity index (χ1n) is 10.4. The molecule has 0 radical (unpaired) electrons. The Balaban J connectivity index is 1.70. The molecule has 0 aliphatic heterocycles. The van der Waals surface area contributed by atoms with Gasteiger partial charge in [0.1, 0.15) is 10.6 Å². The van der Waals surface area contributed by atoms with Gasteiger partial charge < -0.3 is 15.2 Å². The number of ether oxygens (including phenoxy) is 1. The fraction of sp³-hybridized carbons (Fsp3) is 0.435. The Hall–Kier alpha value is -2.38. The molecule has 1 heterocycles. The van der Waals surface area contributed by atoms with E-state index in [-0.39, 0.29) is 24.3 Å². The van der Waals surface area contributed by atoms with E-state index in [9.17, 15) is 19.5 Å². The molecule has 2 N–H and O–H groups in total. The number of esters is 1. The number of carboxylic acid groups (broad SMARTS) is 1. The fourth-order valence-corrected chi connectivity index (χ4v) is 6.41. The average molecular weight is 462 g/mol. The lowest BCUT2D eigenvalue weighted by Gasteiger charge is -2.26. The number of carbonyl (C=O) groups is 3. The van der Waals surface area contributed by atoms with Gasteiger partial charge in [-0.25, -0.2) is 4.79 Å². The number of carboxylic acids is 1. The van der Waals surface area contributed by atoms with Crippen LogP contribution in [0.5, 0.6) is 0 Å². The second-order valence-electron chi connectivity index (χ2n) is 8.18. The molecule has 4 rings (SSSR count). The van der Waals surface area contributed by atoms with Gasteiger partial charge in [0.05, 0.1) is 18.4 Å². The Kier molecular flexibility index (Phi) is 6.08. The van der Waals surface area contributed by atoms with E-state index in [1.165, 1.54) is 11.3 Å². The number of carbonyl (C=O) groups excluding carboxylic acids is 2. The van der Waals surface area contributed by atoms with Crippen molar-refractivity contribution in [3.8, 4) is 11.1 Å². The molecule has 1 aromatic carbocycles. The average Bonchev–Trinajstić information content (AvgIpc) is 3.41. The highest BCUT2D eigenvalue weighted by Crippen LogP contribution is 2.53. The van der Waals surface area contributed by atoms with Crippen LogP contribution in [0, 0.1) is 30.6 Å². The maximum absolute atomic E-state index is 13.2. The van der Waals surface area contributed by atoms with Crippen molar-refractivity contribution in [2.45, 2.75) is 33.1 Å². The summed E-state index contributed by atoms with van der Waals surface area (Å²) < 4.78 is 5.28. The number of aliphatic carboxylic acids is 1. The highest BCUT2D eigenvalue weighted by molar-refractivity contribution is 7.17. The second kappa shape index (κ2) is 8.63. The number of thiophene rings is 1. The minimum atomic E-state index is -0.915. The van der Waals surface area contributed by atoms with E-state index >= 15 is 0 Å². The summed E-state index contributed by atoms with van der Waals surface area (Å²) in [5, 5.41) is 13.6. The van der Waals surface area contributed by atoms with Crippen molar-refractivity contribution in [3.05, 3.63) is 39.7 Å². The molecule has 1 amide bonds. The first-order chi connectivity index (χ1) is 14.8. The van der Waals surface area contributed by atoms with Crippen molar-refractivity contribution >= 4 is 45.8 Å². The van der Waals surface area contributed by atoms with Gasteiger partial charge in [0, 0.05) is 15.5 Å². The third-order valence-corrected chi connectivity index (χ3v) is 7.71. The topological polar surface area (TPSA) is 92.7 Å². The number of halogens is 1. The monoisotopic (exact) mass is 461 g/mol. The minimum Gasteiger partial charge on any atom is -0.481 e. The van der Waals surface area contributed by atoms with Gasteiger partial charge in [-0.1, -0.05) is 23.7 Å². The van der Waals surface area contributed by atoms with E-state index in [4.69, 9.17) is 16.3 Å². The Morgan fingerprint density at radius 2 is 1.81 bits per heavy atom. The molecular formula is C23H24ClNO5S. The van der Waals surface area contributed by atoms with Crippen LogP contribution in [-0.2, 0) is 14.3 Å². The molecule has 4 atom stereocenters. The third kappa shape index (κ3) is 3.96. The summed E-state index contributed by atoms with van der Waals surface area (Å²) >= 11 is 7.31. The molecule has 2 saturated carbocycles. The molecular weight excluding hydrogens is 438 g/mol. The molecule has 0 unspecified atom stereocenters. The quantitative estimate of drug-likeness (QED) is 0.574. The van der Waals surface area contributed by atoms with Gasteiger partial charge in [0.25, 0.3) is 0 Å². The van der Waals surface area contributed by atoms with Crippen molar-refractivity contribution in [2.24, 2.45) is 23.7 Å². The molecule has 164 valence electrons. The van der Waals surface area contributed by atoms with Crippen molar-refractivity contribution in [1.82, 2.24) is 0 Å². The zero-order valence-corrected chi connectivity index (χ0v) is 18.9. The number of aryl methyl sites for hydroxylation is 1. The molecule has 2 fully saturated rings. The van der Waals surface area contributed by atoms with E-state index in [0.29, 0.717) is 21.2 Å². The van der Waals surface area contributed by atoms with Crippen LogP contribution in [0.25, 0.3) is 11.1 Å². The van der Waals surface area contributed by atoms with Gasteiger partial charge in [0.15, 0.2) is 0 Å². The summed E-state index contributed by atoms with van der Waals surface area (Å²) in [6.07, 6.45) is 2.51. The highest BCUT2D eigenvalue weighted by atomic mass is 35.5. The highest BCUT2D eigenvalue weighted by Gasteiger charge is 2.54. The smallest absolute Gasteiger partial charge is 0.341 e. The Bertz CT molecular complexity index is 1030. The Morgan fingerprint density at radius 3 is 2.42 bits per heavy atom. The van der Waals surface area contributed by atoms with Crippen molar-refractivity contribution in [1.29, 1.82) is 0 Å². The van der Waals surface area contributed by atoms with Crippen LogP contribution in [-0.4, -0.2) is 29.6 Å². The van der Waals surface area contributed by atoms with E-state index in [0.717, 1.165) is 29.7 Å². The van der Waals surface area contributed by atoms with Crippen LogP contribution in [0.15, 0.2) is 24.3 Å². The zero-order chi connectivity index (χ0) is 22.3. The molecule has 2 bridgehead atoms. The number of nitrogens with one attached hydrogen (secondary N) is 1. The Labute approximate surface area is 189 Å². The van der Waals surface area contributed by atoms with Crippen molar-refractivity contribution in [2.75, 3.05) is 11.9 Å². The molecule has 2 aliphatic carbocycles. The van der Waals surface area contributed by atoms with Crippen molar-refractivity contribution < 1.29 is 24.2 Å². The SMILES string of the molecule is CCOC(=O)c1c(NC(=O)[C@@H]2[C@H]3CC[C@@H](C3)[C@@H]2C(=O)O)sc(C)c1-c1ccc(Cl)cc1. The number of anilines is 1. The molecule has 1 aromatic heterocycles. The fourth-order valence-electron chi connectivity index (χ4n) is 5.21. The standard InChI is InChI=1S/C23H24ClNO5S/c1-3-30-23(29)19-16(12-6-8-15(24)9-7-12)11(2)31-21(19)25-20(26)17-13-4-5-14(10-13)18(17)22(27)28/h6-9,13-14,17-18H,3-5,10H2,1-2H3,(H,25,26)(H,27,28)/t13-,14-,17+,18-/m0/s1. The van der Waals surface area contributed by atoms with E-state index in [1.807, 2.05) is 19.1 Å². The van der Waals surface area contributed by atoms with Crippen LogP contribution >= 0.6 is 22.9 Å². The number of hydrogen-bond donors (Lipinski definition) is 2. The van der Waals surface area contributed by atoms with E-state index in [1.54, 1.807) is 19.1 Å². The predicted octanol–water partition coefficient (Wildman–Crippen LogP) is 5.24. The maximum atomic E-state index is 13.2. The first kappa shape index (κ1) is 21.8. The third-order valence-electron chi connectivity index (χ3n) is 6.44. The van der Waals surface area contributed by atoms with Gasteiger partial charge in [-0.15, -0.1) is 11.3 Å². The number of rotatable bonds is 6. The van der Waals surface area contributed by atoms with Crippen LogP contribution in [0.2, 0.25) is 5.02 Å². The van der Waals surface area contributed by atoms with Crippen LogP contribution in [0.3, 0.4) is 0 Å². The van der Waals surface area contributed by atoms with Crippen LogP contribution in [0.1, 0.15) is 41.4 Å². The lowest BCUT2D eigenvalue weighted by molar-refractivity contribution is -0.148. The molecule has 31 heavy (non-hydrogen) atoms. The summed E-state index contributed by atoms with van der Waals surface area (Å²) in [5.41, 5.74) is 1.79. The van der Waals surface area contributed by atoms with Gasteiger partial charge in [0.2, 0.25) is 5.91 Å². The van der Waals surface area contributed by atoms with Gasteiger partial charge in [-0.2, -0.15) is 0 Å². The lowest BCUT2D eigenvalue weighted by Crippen LogP contribution is -2.37. The first-order valence-corrected chi connectivity index (χ1v) is 11.6. The number of fused-ring (bicyclic) bond motifs is 2. The molecule has 2 aliphatic rings. The summed E-state index contributed by atoms with van der Waals surface area (Å²) in [7, 11) is 0. The van der Waals surface area contributed by atoms with E-state index in [2.05, 4.69) is 5.32 Å².